The lowest BCUT2D eigenvalue weighted by Gasteiger charge is -2.08. The monoisotopic (exact) mass is 495 g/mol. The Kier molecular flexibility index (Phi) is 6.88. The molecule has 0 aliphatic carbocycles. The molecule has 0 unspecified atom stereocenters. The topological polar surface area (TPSA) is 103 Å². The second kappa shape index (κ2) is 9.38. The van der Waals surface area contributed by atoms with Gasteiger partial charge in [-0.1, -0.05) is 35.5 Å². The lowest BCUT2D eigenvalue weighted by molar-refractivity contribution is -0.384. The molecule has 0 aliphatic rings. The lowest BCUT2D eigenvalue weighted by atomic mass is 10.2. The average molecular weight is 497 g/mol. The van der Waals surface area contributed by atoms with Gasteiger partial charge in [0.25, 0.3) is 5.69 Å². The van der Waals surface area contributed by atoms with Crippen LogP contribution in [0.4, 0.5) is 11.4 Å². The average Bonchev–Trinajstić information content (AvgIpc) is 3.12. The number of nitro groups is 1. The number of thioether (sulfide) groups is 1. The quantitative estimate of drug-likeness (QED) is 0.280. The van der Waals surface area contributed by atoms with E-state index in [9.17, 15) is 14.9 Å². The van der Waals surface area contributed by atoms with Crippen molar-refractivity contribution in [3.8, 4) is 11.4 Å². The van der Waals surface area contributed by atoms with Crippen LogP contribution in [-0.2, 0) is 11.3 Å². The predicted molar refractivity (Wildman–Crippen MR) is 116 cm³/mol. The van der Waals surface area contributed by atoms with Crippen LogP contribution in [0.5, 0.6) is 0 Å². The maximum absolute atomic E-state index is 12.3. The summed E-state index contributed by atoms with van der Waals surface area (Å²) in [7, 11) is 0. The van der Waals surface area contributed by atoms with E-state index in [1.807, 2.05) is 11.5 Å². The van der Waals surface area contributed by atoms with E-state index in [0.29, 0.717) is 38.3 Å². The smallest absolute Gasteiger partial charge is 0.270 e. The van der Waals surface area contributed by atoms with Gasteiger partial charge in [0.1, 0.15) is 0 Å². The van der Waals surface area contributed by atoms with Crippen LogP contribution in [0.2, 0.25) is 5.02 Å². The minimum Gasteiger partial charge on any atom is -0.325 e. The normalized spacial score (nSPS) is 10.7. The van der Waals surface area contributed by atoms with Gasteiger partial charge in [-0.05, 0) is 41.1 Å². The summed E-state index contributed by atoms with van der Waals surface area (Å²) >= 11 is 10.5. The maximum Gasteiger partial charge on any atom is 0.270 e. The van der Waals surface area contributed by atoms with Crippen LogP contribution in [0, 0.1) is 10.1 Å². The number of nitrogens with zero attached hydrogens (tertiary/aromatic N) is 4. The van der Waals surface area contributed by atoms with Crippen molar-refractivity contribution in [3.63, 3.8) is 0 Å². The number of anilines is 1. The number of aromatic nitrogens is 3. The van der Waals surface area contributed by atoms with Gasteiger partial charge < -0.3 is 9.88 Å². The van der Waals surface area contributed by atoms with Crippen molar-refractivity contribution in [2.75, 3.05) is 11.1 Å². The van der Waals surface area contributed by atoms with Crippen LogP contribution in [0.25, 0.3) is 11.4 Å². The molecule has 0 saturated heterocycles. The first-order valence-corrected chi connectivity index (χ1v) is 10.6. The Bertz CT molecular complexity index is 1080. The molecule has 0 aliphatic heterocycles. The summed E-state index contributed by atoms with van der Waals surface area (Å²) in [6.45, 7) is 2.47. The second-order valence-electron chi connectivity index (χ2n) is 5.82. The fourth-order valence-corrected chi connectivity index (χ4v) is 3.85. The number of halogens is 2. The summed E-state index contributed by atoms with van der Waals surface area (Å²) in [6, 6.07) is 11.3. The van der Waals surface area contributed by atoms with Gasteiger partial charge in [0.2, 0.25) is 5.91 Å². The van der Waals surface area contributed by atoms with Gasteiger partial charge in [-0.3, -0.25) is 14.9 Å². The van der Waals surface area contributed by atoms with Gasteiger partial charge in [-0.15, -0.1) is 10.2 Å². The molecule has 1 amide bonds. The molecule has 0 radical (unpaired) electrons. The summed E-state index contributed by atoms with van der Waals surface area (Å²) < 4.78 is 2.51. The highest BCUT2D eigenvalue weighted by Gasteiger charge is 2.17. The minimum absolute atomic E-state index is 0.0177. The SMILES string of the molecule is CCn1c(SCC(=O)Nc2ccc(Cl)c(Br)c2)nnc1-c1cccc([N+](=O)[O-])c1. The first kappa shape index (κ1) is 21.3. The zero-order valence-corrected chi connectivity index (χ0v) is 18.3. The number of benzene rings is 2. The first-order chi connectivity index (χ1) is 13.9. The van der Waals surface area contributed by atoms with E-state index in [1.54, 1.807) is 30.3 Å². The van der Waals surface area contributed by atoms with Crippen molar-refractivity contribution in [2.45, 2.75) is 18.6 Å². The van der Waals surface area contributed by atoms with E-state index < -0.39 is 4.92 Å². The summed E-state index contributed by atoms with van der Waals surface area (Å²) in [5.74, 6) is 0.445. The van der Waals surface area contributed by atoms with Crippen molar-refractivity contribution < 1.29 is 9.72 Å². The van der Waals surface area contributed by atoms with Crippen molar-refractivity contribution in [2.24, 2.45) is 0 Å². The van der Waals surface area contributed by atoms with Crippen LogP contribution in [0.15, 0.2) is 52.1 Å². The fourth-order valence-electron chi connectivity index (χ4n) is 2.55. The highest BCUT2D eigenvalue weighted by Crippen LogP contribution is 2.28. The highest BCUT2D eigenvalue weighted by atomic mass is 79.9. The number of rotatable bonds is 7. The number of amides is 1. The fraction of sp³-hybridized carbons (Fsp3) is 0.167. The van der Waals surface area contributed by atoms with Crippen molar-refractivity contribution in [3.05, 3.63) is 62.1 Å². The number of carbonyl (C=O) groups is 1. The lowest BCUT2D eigenvalue weighted by Crippen LogP contribution is -2.14. The molecule has 0 bridgehead atoms. The van der Waals surface area contributed by atoms with Crippen LogP contribution in [0.1, 0.15) is 6.92 Å². The number of hydrogen-bond acceptors (Lipinski definition) is 6. The zero-order chi connectivity index (χ0) is 21.0. The number of carbonyl (C=O) groups excluding carboxylic acids is 1. The molecule has 1 N–H and O–H groups in total. The van der Waals surface area contributed by atoms with Crippen molar-refractivity contribution >= 4 is 56.6 Å². The third-order valence-electron chi connectivity index (χ3n) is 3.88. The van der Waals surface area contributed by atoms with Gasteiger partial charge in [0, 0.05) is 34.4 Å². The number of hydrogen-bond donors (Lipinski definition) is 1. The van der Waals surface area contributed by atoms with E-state index in [1.165, 1.54) is 23.9 Å². The molecule has 1 aromatic heterocycles. The number of non-ortho nitro benzene ring substituents is 1. The molecule has 0 saturated carbocycles. The van der Waals surface area contributed by atoms with Gasteiger partial charge in [0.15, 0.2) is 11.0 Å². The predicted octanol–water partition coefficient (Wildman–Crippen LogP) is 5.02. The Hall–Kier alpha value is -2.43. The van der Waals surface area contributed by atoms with E-state index >= 15 is 0 Å². The van der Waals surface area contributed by atoms with Crippen molar-refractivity contribution in [1.82, 2.24) is 14.8 Å². The maximum atomic E-state index is 12.3. The molecule has 0 spiro atoms. The second-order valence-corrected chi connectivity index (χ2v) is 8.03. The molecule has 0 atom stereocenters. The molecule has 2 aromatic carbocycles. The van der Waals surface area contributed by atoms with Gasteiger partial charge in [-0.25, -0.2) is 0 Å². The molecule has 29 heavy (non-hydrogen) atoms. The molecule has 0 fully saturated rings. The molecular weight excluding hydrogens is 482 g/mol. The van der Waals surface area contributed by atoms with E-state index in [2.05, 4.69) is 31.4 Å². The van der Waals surface area contributed by atoms with Gasteiger partial charge in [0.05, 0.1) is 15.7 Å². The summed E-state index contributed by atoms with van der Waals surface area (Å²) in [4.78, 5) is 22.8. The van der Waals surface area contributed by atoms with Gasteiger partial charge in [-0.2, -0.15) is 0 Å². The van der Waals surface area contributed by atoms with Crippen LogP contribution >= 0.6 is 39.3 Å². The third kappa shape index (κ3) is 5.14. The largest absolute Gasteiger partial charge is 0.325 e. The van der Waals surface area contributed by atoms with E-state index in [-0.39, 0.29) is 17.3 Å². The van der Waals surface area contributed by atoms with E-state index in [4.69, 9.17) is 11.6 Å². The Labute approximate surface area is 183 Å². The molecule has 3 rings (SSSR count). The third-order valence-corrected chi connectivity index (χ3v) is 6.06. The van der Waals surface area contributed by atoms with Crippen LogP contribution in [-0.4, -0.2) is 31.3 Å². The van der Waals surface area contributed by atoms with Crippen LogP contribution in [0.3, 0.4) is 0 Å². The van der Waals surface area contributed by atoms with Gasteiger partial charge >= 0.3 is 0 Å². The Morgan fingerprint density at radius 3 is 2.79 bits per heavy atom. The Morgan fingerprint density at radius 1 is 1.31 bits per heavy atom. The van der Waals surface area contributed by atoms with Crippen LogP contribution < -0.4 is 5.32 Å². The number of nitro benzene ring substituents is 1. The molecular formula is C18H15BrClN5O3S. The number of nitrogens with one attached hydrogen (secondary N) is 1. The zero-order valence-electron chi connectivity index (χ0n) is 15.1. The molecule has 8 nitrogen and oxygen atoms in total. The minimum atomic E-state index is -0.453. The Morgan fingerprint density at radius 2 is 2.10 bits per heavy atom. The summed E-state index contributed by atoms with van der Waals surface area (Å²) in [5.41, 5.74) is 1.20. The first-order valence-electron chi connectivity index (χ1n) is 8.44. The summed E-state index contributed by atoms with van der Waals surface area (Å²) in [6.07, 6.45) is 0. The summed E-state index contributed by atoms with van der Waals surface area (Å²) in [5, 5.41) is 23.2. The standard InChI is InChI=1S/C18H15BrClN5O3S/c1-2-24-17(11-4-3-5-13(8-11)25(27)28)22-23-18(24)29-10-16(26)21-12-6-7-15(20)14(19)9-12/h3-9H,2,10H2,1H3,(H,21,26). The highest BCUT2D eigenvalue weighted by molar-refractivity contribution is 9.10. The van der Waals surface area contributed by atoms with Crippen molar-refractivity contribution in [1.29, 1.82) is 0 Å². The molecule has 3 aromatic rings. The molecule has 1 heterocycles. The Balaban J connectivity index is 1.72. The van der Waals surface area contributed by atoms with E-state index in [0.717, 1.165) is 0 Å². The molecule has 11 heteroatoms. The molecule has 150 valence electrons.